The van der Waals surface area contributed by atoms with Crippen LogP contribution in [0.3, 0.4) is 0 Å². The number of carbonyl (C=O) groups is 2. The van der Waals surface area contributed by atoms with E-state index in [0.29, 0.717) is 25.3 Å². The van der Waals surface area contributed by atoms with E-state index in [9.17, 15) is 14.7 Å². The van der Waals surface area contributed by atoms with Gasteiger partial charge in [-0.05, 0) is 69.2 Å². The van der Waals surface area contributed by atoms with Gasteiger partial charge in [0.05, 0.1) is 0 Å². The lowest BCUT2D eigenvalue weighted by molar-refractivity contribution is -0.142. The first kappa shape index (κ1) is 24.1. The van der Waals surface area contributed by atoms with Crippen molar-refractivity contribution in [1.82, 2.24) is 15.6 Å². The summed E-state index contributed by atoms with van der Waals surface area (Å²) in [6.07, 6.45) is 7.91. The topological polar surface area (TPSA) is 103 Å². The van der Waals surface area contributed by atoms with Crippen LogP contribution >= 0.6 is 0 Å². The maximum absolute atomic E-state index is 12.1. The highest BCUT2D eigenvalue weighted by Crippen LogP contribution is 2.20. The minimum absolute atomic E-state index is 0.164. The van der Waals surface area contributed by atoms with Crippen LogP contribution in [0.4, 0.5) is 5.82 Å². The van der Waals surface area contributed by atoms with Gasteiger partial charge >= 0.3 is 5.97 Å². The van der Waals surface area contributed by atoms with Crippen molar-refractivity contribution in [1.29, 1.82) is 0 Å². The summed E-state index contributed by atoms with van der Waals surface area (Å²) in [5.41, 5.74) is 2.43. The molecule has 30 heavy (non-hydrogen) atoms. The van der Waals surface area contributed by atoms with Crippen LogP contribution in [0.1, 0.15) is 70.1 Å². The predicted octanol–water partition coefficient (Wildman–Crippen LogP) is 3.14. The Morgan fingerprint density at radius 1 is 1.20 bits per heavy atom. The summed E-state index contributed by atoms with van der Waals surface area (Å²) < 4.78 is 0. The molecule has 168 valence electrons. The number of aryl methyl sites for hydroxylation is 2. The molecule has 2 heterocycles. The Morgan fingerprint density at radius 3 is 2.73 bits per heavy atom. The Bertz CT molecular complexity index is 676. The summed E-state index contributed by atoms with van der Waals surface area (Å²) in [7, 11) is 0. The van der Waals surface area contributed by atoms with E-state index in [1.807, 2.05) is 0 Å². The van der Waals surface area contributed by atoms with E-state index in [4.69, 9.17) is 4.98 Å². The number of rotatable bonds is 14. The second-order valence-corrected chi connectivity index (χ2v) is 8.18. The normalized spacial score (nSPS) is 14.1. The fraction of sp³-hybridized carbons (Fsp3) is 0.696. The molecule has 0 saturated carbocycles. The molecule has 1 amide bonds. The van der Waals surface area contributed by atoms with Crippen LogP contribution < -0.4 is 16.0 Å². The molecule has 4 N–H and O–H groups in total. The van der Waals surface area contributed by atoms with Crippen molar-refractivity contribution in [3.63, 3.8) is 0 Å². The number of carboxylic acid groups (broad SMARTS) is 1. The van der Waals surface area contributed by atoms with Crippen LogP contribution in [0.25, 0.3) is 0 Å². The highest BCUT2D eigenvalue weighted by atomic mass is 16.4. The lowest BCUT2D eigenvalue weighted by Gasteiger charge is -2.18. The number of carbonyl (C=O) groups excluding carboxylic acids is 1. The molecule has 1 aromatic heterocycles. The van der Waals surface area contributed by atoms with Gasteiger partial charge in [-0.25, -0.2) is 9.78 Å². The van der Waals surface area contributed by atoms with Gasteiger partial charge in [-0.3, -0.25) is 4.79 Å². The molecule has 0 fully saturated rings. The molecular formula is C23H38N4O3. The van der Waals surface area contributed by atoms with Crippen LogP contribution in [0.5, 0.6) is 0 Å². The van der Waals surface area contributed by atoms with Gasteiger partial charge in [0.25, 0.3) is 0 Å². The van der Waals surface area contributed by atoms with Crippen molar-refractivity contribution in [2.45, 2.75) is 77.7 Å². The lowest BCUT2D eigenvalue weighted by Crippen LogP contribution is -2.43. The van der Waals surface area contributed by atoms with Crippen LogP contribution in [0.15, 0.2) is 12.1 Å². The number of hydrogen-bond acceptors (Lipinski definition) is 5. The lowest BCUT2D eigenvalue weighted by atomic mass is 9.99. The molecule has 1 aromatic rings. The summed E-state index contributed by atoms with van der Waals surface area (Å²) in [5, 5.41) is 18.7. The number of unbranched alkanes of at least 4 members (excludes halogenated alkanes) is 1. The van der Waals surface area contributed by atoms with Gasteiger partial charge in [0.2, 0.25) is 5.91 Å². The number of anilines is 1. The average molecular weight is 419 g/mol. The first-order chi connectivity index (χ1) is 14.5. The van der Waals surface area contributed by atoms with Crippen LogP contribution in [0, 0.1) is 5.92 Å². The Morgan fingerprint density at radius 2 is 2.00 bits per heavy atom. The van der Waals surface area contributed by atoms with Crippen LogP contribution in [0.2, 0.25) is 0 Å². The van der Waals surface area contributed by atoms with Crippen LogP contribution in [-0.4, -0.2) is 47.6 Å². The maximum Gasteiger partial charge on any atom is 0.326 e. The summed E-state index contributed by atoms with van der Waals surface area (Å²) in [5.74, 6) is 0.228. The number of aromatic nitrogens is 1. The number of amides is 1. The van der Waals surface area contributed by atoms with Gasteiger partial charge in [-0.1, -0.05) is 32.8 Å². The molecule has 0 spiro atoms. The van der Waals surface area contributed by atoms with Crippen molar-refractivity contribution >= 4 is 17.7 Å². The molecule has 0 aliphatic carbocycles. The van der Waals surface area contributed by atoms with E-state index in [-0.39, 0.29) is 5.91 Å². The maximum atomic E-state index is 12.1. The van der Waals surface area contributed by atoms with E-state index in [0.717, 1.165) is 63.1 Å². The molecule has 1 atom stereocenters. The van der Waals surface area contributed by atoms with Gasteiger partial charge in [0.15, 0.2) is 0 Å². The number of carboxylic acids is 1. The summed E-state index contributed by atoms with van der Waals surface area (Å²) in [6.45, 7) is 6.51. The van der Waals surface area contributed by atoms with Crippen molar-refractivity contribution in [2.24, 2.45) is 5.92 Å². The zero-order chi connectivity index (χ0) is 21.8. The molecule has 7 nitrogen and oxygen atoms in total. The number of fused-ring (bicyclic) bond motifs is 1. The molecule has 0 radical (unpaired) electrons. The van der Waals surface area contributed by atoms with E-state index in [1.165, 1.54) is 12.0 Å². The predicted molar refractivity (Wildman–Crippen MR) is 120 cm³/mol. The third-order valence-corrected chi connectivity index (χ3v) is 5.86. The fourth-order valence-electron chi connectivity index (χ4n) is 3.79. The SMILES string of the molecule is CCC(CC)CC(=O)N[C@@H](CCNCCCCc1ccc2c(n1)NCCC2)C(=O)O. The Labute approximate surface area is 180 Å². The van der Waals surface area contributed by atoms with Crippen molar-refractivity contribution < 1.29 is 14.7 Å². The second-order valence-electron chi connectivity index (χ2n) is 8.18. The minimum atomic E-state index is -0.971. The van der Waals surface area contributed by atoms with Gasteiger partial charge in [0.1, 0.15) is 11.9 Å². The van der Waals surface area contributed by atoms with Crippen LogP contribution in [-0.2, 0) is 22.4 Å². The number of pyridine rings is 1. The molecule has 1 aliphatic heterocycles. The third-order valence-electron chi connectivity index (χ3n) is 5.86. The molecular weight excluding hydrogens is 380 g/mol. The number of nitrogens with one attached hydrogen (secondary N) is 3. The van der Waals surface area contributed by atoms with Crippen molar-refractivity contribution in [3.8, 4) is 0 Å². The van der Waals surface area contributed by atoms with Gasteiger partial charge in [-0.15, -0.1) is 0 Å². The molecule has 2 rings (SSSR count). The first-order valence-electron chi connectivity index (χ1n) is 11.5. The second kappa shape index (κ2) is 13.2. The number of hydrogen-bond donors (Lipinski definition) is 4. The van der Waals surface area contributed by atoms with E-state index in [1.54, 1.807) is 0 Å². The van der Waals surface area contributed by atoms with Gasteiger partial charge in [0, 0.05) is 18.7 Å². The third kappa shape index (κ3) is 8.30. The van der Waals surface area contributed by atoms with Crippen molar-refractivity contribution in [2.75, 3.05) is 25.0 Å². The Balaban J connectivity index is 1.60. The molecule has 0 aromatic carbocycles. The van der Waals surface area contributed by atoms with E-state index < -0.39 is 12.0 Å². The number of aliphatic carboxylic acids is 1. The smallest absolute Gasteiger partial charge is 0.326 e. The largest absolute Gasteiger partial charge is 0.480 e. The standard InChI is InChI=1S/C23H38N4O3/c1-3-17(4-2)16-21(28)27-20(23(29)30)12-15-24-13-6-5-9-19-11-10-18-8-7-14-25-22(18)26-19/h10-11,17,20,24H,3-9,12-16H2,1-2H3,(H,25,26)(H,27,28)(H,29,30)/t20-/m0/s1. The molecule has 0 saturated heterocycles. The van der Waals surface area contributed by atoms with E-state index in [2.05, 4.69) is 41.9 Å². The minimum Gasteiger partial charge on any atom is -0.480 e. The fourth-order valence-corrected chi connectivity index (χ4v) is 3.79. The van der Waals surface area contributed by atoms with Gasteiger partial charge < -0.3 is 21.1 Å². The monoisotopic (exact) mass is 418 g/mol. The zero-order valence-corrected chi connectivity index (χ0v) is 18.5. The van der Waals surface area contributed by atoms with Gasteiger partial charge in [-0.2, -0.15) is 0 Å². The summed E-state index contributed by atoms with van der Waals surface area (Å²) >= 11 is 0. The van der Waals surface area contributed by atoms with E-state index >= 15 is 0 Å². The average Bonchev–Trinajstić information content (AvgIpc) is 2.75. The number of nitrogens with zero attached hydrogens (tertiary/aromatic N) is 1. The van der Waals surface area contributed by atoms with Crippen molar-refractivity contribution in [3.05, 3.63) is 23.4 Å². The zero-order valence-electron chi connectivity index (χ0n) is 18.5. The molecule has 0 bridgehead atoms. The highest BCUT2D eigenvalue weighted by molar-refractivity contribution is 5.83. The Kier molecular flexibility index (Phi) is 10.6. The molecule has 1 aliphatic rings. The quantitative estimate of drug-likeness (QED) is 0.346. The Hall–Kier alpha value is -2.15. The first-order valence-corrected chi connectivity index (χ1v) is 11.5. The highest BCUT2D eigenvalue weighted by Gasteiger charge is 2.20. The molecule has 7 heteroatoms. The summed E-state index contributed by atoms with van der Waals surface area (Å²) in [4.78, 5) is 28.2. The summed E-state index contributed by atoms with van der Waals surface area (Å²) in [6, 6.07) is 3.48. The molecule has 0 unspecified atom stereocenters.